The molecule has 0 aliphatic rings. The van der Waals surface area contributed by atoms with Gasteiger partial charge in [-0.15, -0.1) is 0 Å². The average molecular weight is 369 g/mol. The van der Waals surface area contributed by atoms with Gasteiger partial charge in [0, 0.05) is 32.5 Å². The number of aromatic amines is 1. The highest BCUT2D eigenvalue weighted by Crippen LogP contribution is 2.29. The summed E-state index contributed by atoms with van der Waals surface area (Å²) in [7, 11) is 0. The van der Waals surface area contributed by atoms with Crippen molar-refractivity contribution in [3.05, 3.63) is 64.5 Å². The fourth-order valence-electron chi connectivity index (χ4n) is 2.78. The topological polar surface area (TPSA) is 58.0 Å². The van der Waals surface area contributed by atoms with Crippen molar-refractivity contribution in [1.82, 2.24) is 4.98 Å². The smallest absolute Gasteiger partial charge is 0.291 e. The number of carbonyl (C=O) groups is 1. The summed E-state index contributed by atoms with van der Waals surface area (Å²) < 4.78 is 6.70. The minimum absolute atomic E-state index is 0.247. The number of furan rings is 1. The van der Waals surface area contributed by atoms with Crippen LogP contribution in [-0.2, 0) is 0 Å². The van der Waals surface area contributed by atoms with Crippen LogP contribution in [0.2, 0.25) is 0 Å². The molecular formula is C18H13BrN2O2. The van der Waals surface area contributed by atoms with Crippen molar-refractivity contribution in [2.24, 2.45) is 0 Å². The zero-order valence-corrected chi connectivity index (χ0v) is 13.9. The van der Waals surface area contributed by atoms with E-state index in [9.17, 15) is 4.79 Å². The third-order valence-corrected chi connectivity index (χ3v) is 4.44. The van der Waals surface area contributed by atoms with E-state index in [1.165, 1.54) is 0 Å². The van der Waals surface area contributed by atoms with Crippen LogP contribution in [0.1, 0.15) is 16.1 Å². The van der Waals surface area contributed by atoms with Gasteiger partial charge in [-0.05, 0) is 43.3 Å². The van der Waals surface area contributed by atoms with Crippen LogP contribution < -0.4 is 5.32 Å². The Morgan fingerprint density at radius 3 is 2.91 bits per heavy atom. The van der Waals surface area contributed by atoms with Crippen molar-refractivity contribution in [1.29, 1.82) is 0 Å². The van der Waals surface area contributed by atoms with Crippen LogP contribution in [0.25, 0.3) is 21.9 Å². The van der Waals surface area contributed by atoms with Gasteiger partial charge in [0.1, 0.15) is 5.58 Å². The molecule has 114 valence electrons. The van der Waals surface area contributed by atoms with Crippen LogP contribution in [0, 0.1) is 6.92 Å². The molecule has 0 saturated carbocycles. The van der Waals surface area contributed by atoms with E-state index in [0.29, 0.717) is 11.3 Å². The SMILES string of the molecule is Cc1c(C(=O)Nc2cccc3[nH]ccc23)oc2ccc(Br)cc12. The quantitative estimate of drug-likeness (QED) is 0.508. The minimum atomic E-state index is -0.247. The first-order valence-corrected chi connectivity index (χ1v) is 7.99. The molecule has 4 rings (SSSR count). The maximum atomic E-state index is 12.6. The van der Waals surface area contributed by atoms with Gasteiger partial charge in [-0.1, -0.05) is 22.0 Å². The molecule has 0 bridgehead atoms. The molecule has 1 amide bonds. The van der Waals surface area contributed by atoms with Crippen molar-refractivity contribution in [3.8, 4) is 0 Å². The number of aryl methyl sites for hydroxylation is 1. The first-order valence-electron chi connectivity index (χ1n) is 7.19. The molecule has 5 heteroatoms. The molecule has 0 unspecified atom stereocenters. The molecule has 0 atom stereocenters. The zero-order chi connectivity index (χ0) is 16.0. The number of anilines is 1. The molecule has 0 radical (unpaired) electrons. The molecule has 2 aromatic carbocycles. The second-order valence-corrected chi connectivity index (χ2v) is 6.31. The molecule has 0 fully saturated rings. The van der Waals surface area contributed by atoms with Gasteiger partial charge in [0.05, 0.1) is 5.69 Å². The van der Waals surface area contributed by atoms with E-state index in [1.807, 2.05) is 55.6 Å². The van der Waals surface area contributed by atoms with Crippen molar-refractivity contribution < 1.29 is 9.21 Å². The number of rotatable bonds is 2. The van der Waals surface area contributed by atoms with Gasteiger partial charge in [-0.2, -0.15) is 0 Å². The van der Waals surface area contributed by atoms with Gasteiger partial charge < -0.3 is 14.7 Å². The third kappa shape index (κ3) is 2.33. The lowest BCUT2D eigenvalue weighted by Crippen LogP contribution is -2.12. The number of hydrogen-bond acceptors (Lipinski definition) is 2. The summed E-state index contributed by atoms with van der Waals surface area (Å²) in [6, 6.07) is 13.4. The van der Waals surface area contributed by atoms with E-state index in [-0.39, 0.29) is 5.91 Å². The number of H-pyrrole nitrogens is 1. The fraction of sp³-hybridized carbons (Fsp3) is 0.0556. The highest BCUT2D eigenvalue weighted by atomic mass is 79.9. The van der Waals surface area contributed by atoms with E-state index < -0.39 is 0 Å². The van der Waals surface area contributed by atoms with Crippen molar-refractivity contribution in [2.45, 2.75) is 6.92 Å². The summed E-state index contributed by atoms with van der Waals surface area (Å²) in [5, 5.41) is 4.84. The second kappa shape index (κ2) is 5.28. The van der Waals surface area contributed by atoms with Crippen molar-refractivity contribution in [2.75, 3.05) is 5.32 Å². The molecular weight excluding hydrogens is 356 g/mol. The van der Waals surface area contributed by atoms with Gasteiger partial charge in [0.15, 0.2) is 5.76 Å². The van der Waals surface area contributed by atoms with Crippen LogP contribution in [-0.4, -0.2) is 10.9 Å². The summed E-state index contributed by atoms with van der Waals surface area (Å²) >= 11 is 3.44. The Kier molecular flexibility index (Phi) is 3.23. The Morgan fingerprint density at radius 2 is 2.04 bits per heavy atom. The molecule has 0 aliphatic carbocycles. The highest BCUT2D eigenvalue weighted by Gasteiger charge is 2.18. The second-order valence-electron chi connectivity index (χ2n) is 5.40. The van der Waals surface area contributed by atoms with Crippen LogP contribution >= 0.6 is 15.9 Å². The van der Waals surface area contributed by atoms with Crippen LogP contribution in [0.4, 0.5) is 5.69 Å². The lowest BCUT2D eigenvalue weighted by molar-refractivity contribution is 0.0998. The standard InChI is InChI=1S/C18H13BrN2O2/c1-10-13-9-11(19)5-6-16(13)23-17(10)18(22)21-15-4-2-3-14-12(15)7-8-20-14/h2-9,20H,1H3,(H,21,22). The van der Waals surface area contributed by atoms with E-state index in [4.69, 9.17) is 4.42 Å². The average Bonchev–Trinajstić information content (AvgIpc) is 3.13. The van der Waals surface area contributed by atoms with E-state index in [2.05, 4.69) is 26.2 Å². The Morgan fingerprint density at radius 1 is 1.17 bits per heavy atom. The van der Waals surface area contributed by atoms with Gasteiger partial charge in [-0.25, -0.2) is 0 Å². The number of hydrogen-bond donors (Lipinski definition) is 2. The molecule has 2 N–H and O–H groups in total. The Bertz CT molecular complexity index is 1050. The zero-order valence-electron chi connectivity index (χ0n) is 12.3. The van der Waals surface area contributed by atoms with Crippen LogP contribution in [0.15, 0.2) is 57.6 Å². The monoisotopic (exact) mass is 368 g/mol. The van der Waals surface area contributed by atoms with E-state index in [1.54, 1.807) is 0 Å². The molecule has 4 aromatic rings. The lowest BCUT2D eigenvalue weighted by atomic mass is 10.1. The van der Waals surface area contributed by atoms with Crippen molar-refractivity contribution >= 4 is 49.4 Å². The van der Waals surface area contributed by atoms with Crippen molar-refractivity contribution in [3.63, 3.8) is 0 Å². The minimum Gasteiger partial charge on any atom is -0.451 e. The Labute approximate surface area is 140 Å². The number of benzene rings is 2. The van der Waals surface area contributed by atoms with Gasteiger partial charge in [-0.3, -0.25) is 4.79 Å². The summed E-state index contributed by atoms with van der Waals surface area (Å²) in [6.07, 6.45) is 1.85. The number of amides is 1. The van der Waals surface area contributed by atoms with Gasteiger partial charge in [0.2, 0.25) is 0 Å². The number of halogens is 1. The molecule has 0 aliphatic heterocycles. The summed E-state index contributed by atoms with van der Waals surface area (Å²) in [6.45, 7) is 1.89. The molecule has 4 nitrogen and oxygen atoms in total. The lowest BCUT2D eigenvalue weighted by Gasteiger charge is -2.05. The summed E-state index contributed by atoms with van der Waals surface area (Å²) in [5.74, 6) is 0.0918. The van der Waals surface area contributed by atoms with E-state index in [0.717, 1.165) is 32.0 Å². The fourth-order valence-corrected chi connectivity index (χ4v) is 3.14. The first kappa shape index (κ1) is 14.1. The number of fused-ring (bicyclic) bond motifs is 2. The largest absolute Gasteiger partial charge is 0.451 e. The number of carbonyl (C=O) groups excluding carboxylic acids is 1. The highest BCUT2D eigenvalue weighted by molar-refractivity contribution is 9.10. The van der Waals surface area contributed by atoms with Gasteiger partial charge >= 0.3 is 0 Å². The molecule has 0 spiro atoms. The maximum absolute atomic E-state index is 12.6. The molecule has 2 heterocycles. The molecule has 23 heavy (non-hydrogen) atoms. The molecule has 2 aromatic heterocycles. The maximum Gasteiger partial charge on any atom is 0.291 e. The number of aromatic nitrogens is 1. The Balaban J connectivity index is 1.75. The Hall–Kier alpha value is -2.53. The molecule has 0 saturated heterocycles. The number of nitrogens with one attached hydrogen (secondary N) is 2. The van der Waals surface area contributed by atoms with Crippen LogP contribution in [0.5, 0.6) is 0 Å². The normalized spacial score (nSPS) is 11.2. The summed E-state index contributed by atoms with van der Waals surface area (Å²) in [4.78, 5) is 15.8. The predicted molar refractivity (Wildman–Crippen MR) is 94.9 cm³/mol. The third-order valence-electron chi connectivity index (χ3n) is 3.95. The first-order chi connectivity index (χ1) is 11.1. The van der Waals surface area contributed by atoms with E-state index >= 15 is 0 Å². The van der Waals surface area contributed by atoms with Gasteiger partial charge in [0.25, 0.3) is 5.91 Å². The predicted octanol–water partition coefficient (Wildman–Crippen LogP) is 5.24. The summed E-state index contributed by atoms with van der Waals surface area (Å²) in [5.41, 5.74) is 3.28. The van der Waals surface area contributed by atoms with Crippen LogP contribution in [0.3, 0.4) is 0 Å².